The molecule has 1 heterocycles. The highest BCUT2D eigenvalue weighted by Gasteiger charge is 2.25. The fraction of sp³-hybridized carbons (Fsp3) is 0.111. The van der Waals surface area contributed by atoms with Crippen LogP contribution in [0, 0.1) is 15.9 Å². The van der Waals surface area contributed by atoms with Crippen LogP contribution in [0.25, 0.3) is 0 Å². The van der Waals surface area contributed by atoms with Crippen LogP contribution in [0.4, 0.5) is 15.8 Å². The molecule has 1 aromatic carbocycles. The molecule has 0 bridgehead atoms. The number of benzene rings is 1. The van der Waals surface area contributed by atoms with Crippen LogP contribution in [-0.4, -0.2) is 28.5 Å². The summed E-state index contributed by atoms with van der Waals surface area (Å²) in [5, 5.41) is 16.5. The number of nitrogens with two attached hydrogens (primary N) is 1. The Balaban J connectivity index is 2.33. The Hall–Kier alpha value is -2.60. The van der Waals surface area contributed by atoms with Crippen LogP contribution in [-0.2, 0) is 16.6 Å². The molecule has 0 saturated heterocycles. The molecule has 0 aliphatic heterocycles. The fourth-order valence-corrected chi connectivity index (χ4v) is 2.70. The number of nitro groups is 1. The van der Waals surface area contributed by atoms with Crippen LogP contribution in [0.5, 0.6) is 0 Å². The van der Waals surface area contributed by atoms with Crippen LogP contribution in [0.1, 0.15) is 5.82 Å². The highest BCUT2D eigenvalue weighted by Crippen LogP contribution is 2.27. The first-order valence-corrected chi connectivity index (χ1v) is 6.87. The monoisotopic (exact) mass is 316 g/mol. The van der Waals surface area contributed by atoms with E-state index in [9.17, 15) is 22.9 Å². The van der Waals surface area contributed by atoms with Gasteiger partial charge in [0.25, 0.3) is 5.69 Å². The van der Waals surface area contributed by atoms with E-state index < -0.39 is 37.0 Å². The lowest BCUT2D eigenvalue weighted by Crippen LogP contribution is -2.25. The van der Waals surface area contributed by atoms with Gasteiger partial charge in [-0.15, -0.1) is 0 Å². The number of aromatic nitrogens is 3. The van der Waals surface area contributed by atoms with Crippen molar-refractivity contribution in [1.29, 1.82) is 0 Å². The summed E-state index contributed by atoms with van der Waals surface area (Å²) in [6.45, 7) is -0.266. The number of nitrogens with one attached hydrogen (secondary N) is 2. The molecule has 0 radical (unpaired) electrons. The number of hydrogen-bond acceptors (Lipinski definition) is 7. The van der Waals surface area contributed by atoms with Crippen molar-refractivity contribution in [2.24, 2.45) is 0 Å². The van der Waals surface area contributed by atoms with Gasteiger partial charge in [0, 0.05) is 6.07 Å². The molecular formula is C9H9FN6O4S. The average molecular weight is 316 g/mol. The van der Waals surface area contributed by atoms with E-state index in [0.717, 1.165) is 6.07 Å². The van der Waals surface area contributed by atoms with Crippen molar-refractivity contribution in [1.82, 2.24) is 19.9 Å². The summed E-state index contributed by atoms with van der Waals surface area (Å²) in [5.41, 5.74) is 4.19. The second-order valence-corrected chi connectivity index (χ2v) is 5.56. The number of halogens is 1. The number of rotatable bonds is 5. The van der Waals surface area contributed by atoms with E-state index in [1.165, 1.54) is 6.33 Å². The van der Waals surface area contributed by atoms with Gasteiger partial charge in [-0.25, -0.2) is 22.5 Å². The van der Waals surface area contributed by atoms with Crippen molar-refractivity contribution in [3.63, 3.8) is 0 Å². The van der Waals surface area contributed by atoms with Crippen LogP contribution in [0.3, 0.4) is 0 Å². The Morgan fingerprint density at radius 1 is 1.48 bits per heavy atom. The Bertz CT molecular complexity index is 753. The highest BCUT2D eigenvalue weighted by molar-refractivity contribution is 7.89. The summed E-state index contributed by atoms with van der Waals surface area (Å²) in [7, 11) is -4.30. The summed E-state index contributed by atoms with van der Waals surface area (Å²) < 4.78 is 39.8. The minimum atomic E-state index is -4.30. The van der Waals surface area contributed by atoms with Crippen molar-refractivity contribution in [3.05, 3.63) is 40.2 Å². The molecule has 0 atom stereocenters. The third-order valence-electron chi connectivity index (χ3n) is 2.43. The van der Waals surface area contributed by atoms with Crippen molar-refractivity contribution in [3.8, 4) is 0 Å². The zero-order valence-corrected chi connectivity index (χ0v) is 11.1. The molecule has 0 aliphatic rings. The normalized spacial score (nSPS) is 11.5. The second-order valence-electron chi connectivity index (χ2n) is 3.86. The van der Waals surface area contributed by atoms with Gasteiger partial charge in [0.2, 0.25) is 10.0 Å². The SMILES string of the molecule is Nc1cc([N+](=O)[O-])cc(F)c1S(=O)(=O)NCc1ncn[nH]1. The van der Waals surface area contributed by atoms with Gasteiger partial charge in [-0.3, -0.25) is 15.2 Å². The zero-order valence-electron chi connectivity index (χ0n) is 10.3. The summed E-state index contributed by atoms with van der Waals surface area (Å²) >= 11 is 0. The van der Waals surface area contributed by atoms with Crippen molar-refractivity contribution >= 4 is 21.4 Å². The van der Waals surface area contributed by atoms with Crippen molar-refractivity contribution < 1.29 is 17.7 Å². The summed E-state index contributed by atoms with van der Waals surface area (Å²) in [4.78, 5) is 12.5. The minimum Gasteiger partial charge on any atom is -0.397 e. The molecule has 21 heavy (non-hydrogen) atoms. The van der Waals surface area contributed by atoms with E-state index in [0.29, 0.717) is 6.07 Å². The Labute approximate surface area is 117 Å². The number of H-pyrrole nitrogens is 1. The van der Waals surface area contributed by atoms with Gasteiger partial charge in [0.05, 0.1) is 23.2 Å². The predicted octanol–water partition coefficient (Wildman–Crippen LogP) is -0.0873. The lowest BCUT2D eigenvalue weighted by molar-refractivity contribution is -0.385. The Morgan fingerprint density at radius 3 is 2.71 bits per heavy atom. The number of anilines is 1. The number of non-ortho nitro benzene ring substituents is 1. The first kappa shape index (κ1) is 14.8. The molecule has 4 N–H and O–H groups in total. The molecule has 12 heteroatoms. The van der Waals surface area contributed by atoms with Gasteiger partial charge >= 0.3 is 0 Å². The van der Waals surface area contributed by atoms with Gasteiger partial charge in [-0.2, -0.15) is 5.10 Å². The molecule has 0 amide bonds. The third-order valence-corrected chi connectivity index (χ3v) is 3.92. The number of nitro benzene ring substituents is 1. The van der Waals surface area contributed by atoms with E-state index in [1.54, 1.807) is 0 Å². The maximum Gasteiger partial charge on any atom is 0.274 e. The molecule has 0 saturated carbocycles. The lowest BCUT2D eigenvalue weighted by Gasteiger charge is -2.09. The van der Waals surface area contributed by atoms with E-state index >= 15 is 0 Å². The van der Waals surface area contributed by atoms with Gasteiger partial charge < -0.3 is 5.73 Å². The van der Waals surface area contributed by atoms with Crippen LogP contribution >= 0.6 is 0 Å². The smallest absolute Gasteiger partial charge is 0.274 e. The van der Waals surface area contributed by atoms with Crippen LogP contribution < -0.4 is 10.5 Å². The Kier molecular flexibility index (Phi) is 3.82. The van der Waals surface area contributed by atoms with E-state index in [2.05, 4.69) is 19.9 Å². The molecule has 0 fully saturated rings. The average Bonchev–Trinajstić information content (AvgIpc) is 2.88. The van der Waals surface area contributed by atoms with Gasteiger partial charge in [-0.05, 0) is 0 Å². The molecule has 2 aromatic rings. The zero-order chi connectivity index (χ0) is 15.6. The molecule has 0 unspecified atom stereocenters. The third kappa shape index (κ3) is 3.11. The quantitative estimate of drug-likeness (QED) is 0.395. The molecular weight excluding hydrogens is 307 g/mol. The number of nitrogens with zero attached hydrogens (tertiary/aromatic N) is 3. The van der Waals surface area contributed by atoms with Gasteiger partial charge in [0.1, 0.15) is 17.0 Å². The van der Waals surface area contributed by atoms with Crippen LogP contribution in [0.15, 0.2) is 23.4 Å². The molecule has 112 valence electrons. The van der Waals surface area contributed by atoms with E-state index in [1.807, 2.05) is 0 Å². The molecule has 10 nitrogen and oxygen atoms in total. The molecule has 2 rings (SSSR count). The highest BCUT2D eigenvalue weighted by atomic mass is 32.2. The second kappa shape index (κ2) is 5.41. The van der Waals surface area contributed by atoms with E-state index in [4.69, 9.17) is 5.73 Å². The molecule has 0 spiro atoms. The maximum atomic E-state index is 13.8. The molecule has 0 aliphatic carbocycles. The first-order valence-electron chi connectivity index (χ1n) is 5.38. The standard InChI is InChI=1S/C9H9FN6O4S/c10-6-1-5(16(17)18)2-7(11)9(6)21(19,20)14-3-8-12-4-13-15-8/h1-2,4,14H,3,11H2,(H,12,13,15). The summed E-state index contributed by atoms with van der Waals surface area (Å²) in [6, 6.07) is 1.26. The minimum absolute atomic E-state index is 0.208. The molecule has 1 aromatic heterocycles. The lowest BCUT2D eigenvalue weighted by atomic mass is 10.3. The van der Waals surface area contributed by atoms with Crippen molar-refractivity contribution in [2.75, 3.05) is 5.73 Å². The Morgan fingerprint density at radius 2 is 2.19 bits per heavy atom. The van der Waals surface area contributed by atoms with Gasteiger partial charge in [-0.1, -0.05) is 0 Å². The number of sulfonamides is 1. The maximum absolute atomic E-state index is 13.8. The van der Waals surface area contributed by atoms with Crippen molar-refractivity contribution in [2.45, 2.75) is 11.4 Å². The summed E-state index contributed by atoms with van der Waals surface area (Å²) in [6.07, 6.45) is 1.17. The largest absolute Gasteiger partial charge is 0.397 e. The number of nitrogen functional groups attached to an aromatic ring is 1. The predicted molar refractivity (Wildman–Crippen MR) is 67.9 cm³/mol. The summed E-state index contributed by atoms with van der Waals surface area (Å²) in [5.74, 6) is -1.11. The fourth-order valence-electron chi connectivity index (χ4n) is 1.54. The first-order chi connectivity index (χ1) is 9.81. The van der Waals surface area contributed by atoms with E-state index in [-0.39, 0.29) is 12.4 Å². The van der Waals surface area contributed by atoms with Crippen LogP contribution in [0.2, 0.25) is 0 Å². The number of aromatic amines is 1. The number of hydrogen-bond donors (Lipinski definition) is 3. The topological polar surface area (TPSA) is 157 Å². The van der Waals surface area contributed by atoms with Gasteiger partial charge in [0.15, 0.2) is 5.82 Å².